The van der Waals surface area contributed by atoms with Gasteiger partial charge in [0.05, 0.1) is 24.9 Å². The molecular formula is C16H24O3. The van der Waals surface area contributed by atoms with Crippen molar-refractivity contribution in [3.05, 3.63) is 36.5 Å². The second-order valence-electron chi connectivity index (χ2n) is 5.59. The van der Waals surface area contributed by atoms with Gasteiger partial charge in [-0.3, -0.25) is 0 Å². The van der Waals surface area contributed by atoms with Crippen LogP contribution in [-0.4, -0.2) is 36.1 Å². The molecule has 19 heavy (non-hydrogen) atoms. The van der Waals surface area contributed by atoms with Gasteiger partial charge in [0, 0.05) is 0 Å². The van der Waals surface area contributed by atoms with E-state index in [1.807, 2.05) is 6.08 Å². The minimum Gasteiger partial charge on any atom is -0.394 e. The fourth-order valence-corrected chi connectivity index (χ4v) is 2.68. The van der Waals surface area contributed by atoms with Gasteiger partial charge in [-0.15, -0.1) is 6.58 Å². The third-order valence-electron chi connectivity index (χ3n) is 3.66. The van der Waals surface area contributed by atoms with Gasteiger partial charge in [-0.05, 0) is 32.6 Å². The lowest BCUT2D eigenvalue weighted by molar-refractivity contribution is -0.00395. The van der Waals surface area contributed by atoms with E-state index < -0.39 is 0 Å². The maximum absolute atomic E-state index is 8.95. The molecule has 2 aliphatic heterocycles. The number of aliphatic hydroxyl groups excluding tert-OH is 1. The SMILES string of the molecule is C=CC[C@H]1CC(=C)C[C@@H](/C=C(\C)C[C@H]2O[C@@H]2CO)O1. The topological polar surface area (TPSA) is 42.0 Å². The van der Waals surface area contributed by atoms with Crippen molar-refractivity contribution in [3.63, 3.8) is 0 Å². The molecule has 0 radical (unpaired) electrons. The fraction of sp³-hybridized carbons (Fsp3) is 0.625. The molecule has 0 saturated carbocycles. The van der Waals surface area contributed by atoms with Gasteiger partial charge < -0.3 is 14.6 Å². The van der Waals surface area contributed by atoms with Crippen LogP contribution in [0.2, 0.25) is 0 Å². The zero-order valence-corrected chi connectivity index (χ0v) is 11.7. The number of epoxide rings is 1. The molecule has 2 aliphatic rings. The summed E-state index contributed by atoms with van der Waals surface area (Å²) in [7, 11) is 0. The zero-order chi connectivity index (χ0) is 13.8. The Morgan fingerprint density at radius 2 is 2.16 bits per heavy atom. The van der Waals surface area contributed by atoms with E-state index in [1.54, 1.807) is 0 Å². The Balaban J connectivity index is 1.85. The van der Waals surface area contributed by atoms with Gasteiger partial charge in [0.25, 0.3) is 0 Å². The van der Waals surface area contributed by atoms with Crippen molar-refractivity contribution in [3.8, 4) is 0 Å². The Morgan fingerprint density at radius 1 is 1.37 bits per heavy atom. The summed E-state index contributed by atoms with van der Waals surface area (Å²) in [4.78, 5) is 0. The molecule has 1 N–H and O–H groups in total. The number of ether oxygens (including phenoxy) is 2. The second-order valence-corrected chi connectivity index (χ2v) is 5.59. The van der Waals surface area contributed by atoms with Crippen molar-refractivity contribution in [2.45, 2.75) is 57.0 Å². The average Bonchev–Trinajstić information content (AvgIpc) is 3.06. The number of rotatable bonds is 6. The van der Waals surface area contributed by atoms with Crippen molar-refractivity contribution in [1.82, 2.24) is 0 Å². The number of hydrogen-bond acceptors (Lipinski definition) is 3. The molecule has 0 aliphatic carbocycles. The van der Waals surface area contributed by atoms with Crippen LogP contribution < -0.4 is 0 Å². The van der Waals surface area contributed by atoms with Crippen LogP contribution >= 0.6 is 0 Å². The average molecular weight is 264 g/mol. The first-order chi connectivity index (χ1) is 9.12. The maximum atomic E-state index is 8.95. The predicted molar refractivity (Wildman–Crippen MR) is 76.0 cm³/mol. The molecule has 2 rings (SSSR count). The standard InChI is InChI=1S/C16H24O3/c1-4-5-13-6-11(2)7-14(18-13)8-12(3)9-15-16(10-17)19-15/h4,8,13-17H,1-2,5-7,9-10H2,3H3/b12-8+/t13-,14-,15+,16+/m0/s1. The smallest absolute Gasteiger partial charge is 0.107 e. The van der Waals surface area contributed by atoms with E-state index in [4.69, 9.17) is 14.6 Å². The molecule has 3 heteroatoms. The molecule has 0 aromatic heterocycles. The summed E-state index contributed by atoms with van der Waals surface area (Å²) in [5, 5.41) is 8.95. The van der Waals surface area contributed by atoms with E-state index in [-0.39, 0.29) is 31.0 Å². The monoisotopic (exact) mass is 264 g/mol. The predicted octanol–water partition coefficient (Wildman–Crippen LogP) is 2.76. The van der Waals surface area contributed by atoms with Crippen LogP contribution in [0.4, 0.5) is 0 Å². The van der Waals surface area contributed by atoms with Gasteiger partial charge in [-0.2, -0.15) is 0 Å². The van der Waals surface area contributed by atoms with Gasteiger partial charge >= 0.3 is 0 Å². The van der Waals surface area contributed by atoms with Crippen LogP contribution in [0.3, 0.4) is 0 Å². The summed E-state index contributed by atoms with van der Waals surface area (Å²) < 4.78 is 11.4. The van der Waals surface area contributed by atoms with E-state index in [1.165, 1.54) is 11.1 Å². The van der Waals surface area contributed by atoms with Gasteiger partial charge in [0.2, 0.25) is 0 Å². The second kappa shape index (κ2) is 6.51. The summed E-state index contributed by atoms with van der Waals surface area (Å²) in [5.41, 5.74) is 2.51. The van der Waals surface area contributed by atoms with E-state index in [9.17, 15) is 0 Å². The van der Waals surface area contributed by atoms with Crippen LogP contribution in [-0.2, 0) is 9.47 Å². The normalized spacial score (nSPS) is 35.3. The largest absolute Gasteiger partial charge is 0.394 e. The molecule has 106 valence electrons. The molecule has 0 spiro atoms. The Bertz CT molecular complexity index is 372. The molecule has 0 aromatic carbocycles. The minimum absolute atomic E-state index is 0.0408. The van der Waals surface area contributed by atoms with Gasteiger partial charge in [-0.25, -0.2) is 0 Å². The van der Waals surface area contributed by atoms with Gasteiger partial charge in [0.15, 0.2) is 0 Å². The first-order valence-electron chi connectivity index (χ1n) is 6.99. The molecule has 0 aromatic rings. The Labute approximate surface area is 115 Å². The van der Waals surface area contributed by atoms with E-state index in [0.717, 1.165) is 25.7 Å². The third-order valence-corrected chi connectivity index (χ3v) is 3.66. The third kappa shape index (κ3) is 4.30. The molecule has 0 amide bonds. The molecule has 2 saturated heterocycles. The lowest BCUT2D eigenvalue weighted by Crippen LogP contribution is -2.27. The number of hydrogen-bond donors (Lipinski definition) is 1. The first kappa shape index (κ1) is 14.5. The molecule has 0 bridgehead atoms. The van der Waals surface area contributed by atoms with Crippen LogP contribution in [0.25, 0.3) is 0 Å². The Kier molecular flexibility index (Phi) is 4.97. The van der Waals surface area contributed by atoms with Crippen molar-refractivity contribution < 1.29 is 14.6 Å². The van der Waals surface area contributed by atoms with Crippen molar-refractivity contribution in [1.29, 1.82) is 0 Å². The highest BCUT2D eigenvalue weighted by molar-refractivity contribution is 5.13. The quantitative estimate of drug-likeness (QED) is 0.592. The van der Waals surface area contributed by atoms with Gasteiger partial charge in [-0.1, -0.05) is 29.9 Å². The van der Waals surface area contributed by atoms with E-state index >= 15 is 0 Å². The summed E-state index contributed by atoms with van der Waals surface area (Å²) in [6.07, 6.45) is 8.25. The molecular weight excluding hydrogens is 240 g/mol. The summed E-state index contributed by atoms with van der Waals surface area (Å²) >= 11 is 0. The van der Waals surface area contributed by atoms with Crippen LogP contribution in [0.5, 0.6) is 0 Å². The molecule has 4 atom stereocenters. The molecule has 0 unspecified atom stereocenters. The summed E-state index contributed by atoms with van der Waals surface area (Å²) in [6.45, 7) is 10.1. The highest BCUT2D eigenvalue weighted by atomic mass is 16.6. The first-order valence-corrected chi connectivity index (χ1v) is 6.99. The lowest BCUT2D eigenvalue weighted by Gasteiger charge is -2.29. The van der Waals surface area contributed by atoms with Crippen molar-refractivity contribution in [2.75, 3.05) is 6.61 Å². The van der Waals surface area contributed by atoms with Crippen molar-refractivity contribution in [2.24, 2.45) is 0 Å². The highest BCUT2D eigenvalue weighted by Crippen LogP contribution is 2.30. The Morgan fingerprint density at radius 3 is 2.79 bits per heavy atom. The van der Waals surface area contributed by atoms with Gasteiger partial charge in [0.1, 0.15) is 6.10 Å². The van der Waals surface area contributed by atoms with E-state index in [2.05, 4.69) is 26.2 Å². The van der Waals surface area contributed by atoms with Crippen LogP contribution in [0.1, 0.15) is 32.6 Å². The zero-order valence-electron chi connectivity index (χ0n) is 11.7. The summed E-state index contributed by atoms with van der Waals surface area (Å²) in [5.74, 6) is 0. The van der Waals surface area contributed by atoms with E-state index in [0.29, 0.717) is 0 Å². The fourth-order valence-electron chi connectivity index (χ4n) is 2.68. The minimum atomic E-state index is 0.0408. The van der Waals surface area contributed by atoms with Crippen LogP contribution in [0, 0.1) is 0 Å². The molecule has 3 nitrogen and oxygen atoms in total. The number of aliphatic hydroxyl groups is 1. The molecule has 2 fully saturated rings. The van der Waals surface area contributed by atoms with Crippen LogP contribution in [0.15, 0.2) is 36.5 Å². The molecule has 2 heterocycles. The maximum Gasteiger partial charge on any atom is 0.107 e. The summed E-state index contributed by atoms with van der Waals surface area (Å²) in [6, 6.07) is 0. The highest BCUT2D eigenvalue weighted by Gasteiger charge is 2.37. The van der Waals surface area contributed by atoms with Crippen molar-refractivity contribution >= 4 is 0 Å². The Hall–Kier alpha value is -0.900. The lowest BCUT2D eigenvalue weighted by atomic mass is 9.96.